The molecule has 2 N–H and O–H groups in total. The van der Waals surface area contributed by atoms with E-state index in [1.165, 1.54) is 18.4 Å². The van der Waals surface area contributed by atoms with Gasteiger partial charge in [0.05, 0.1) is 0 Å². The molecule has 0 saturated heterocycles. The summed E-state index contributed by atoms with van der Waals surface area (Å²) in [6, 6.07) is 13.2. The molecule has 3 rings (SSSR count). The maximum Gasteiger partial charge on any atom is 0.226 e. The molecule has 0 unspecified atom stereocenters. The monoisotopic (exact) mass is 284 g/mol. The molecule has 0 aliphatic heterocycles. The number of ether oxygens (including phenoxy) is 1. The summed E-state index contributed by atoms with van der Waals surface area (Å²) < 4.78 is 24.1. The molecule has 0 fully saturated rings. The third kappa shape index (κ3) is 3.20. The van der Waals surface area contributed by atoms with Gasteiger partial charge in [0, 0.05) is 17.3 Å². The Kier molecular flexibility index (Phi) is 3.55. The molecule has 106 valence electrons. The largest absolute Gasteiger partial charge is 0.487 e. The zero-order valence-corrected chi connectivity index (χ0v) is 11.1. The van der Waals surface area contributed by atoms with Crippen molar-refractivity contribution in [1.29, 1.82) is 0 Å². The van der Waals surface area contributed by atoms with Crippen LogP contribution in [-0.4, -0.2) is 4.98 Å². The van der Waals surface area contributed by atoms with Gasteiger partial charge in [0.15, 0.2) is 0 Å². The Morgan fingerprint density at radius 1 is 1.14 bits per heavy atom. The van der Waals surface area contributed by atoms with Gasteiger partial charge < -0.3 is 14.9 Å². The number of hydrogen-bond donors (Lipinski definition) is 1. The Balaban J connectivity index is 1.71. The Morgan fingerprint density at radius 2 is 2.00 bits per heavy atom. The molecule has 2 aromatic carbocycles. The van der Waals surface area contributed by atoms with Gasteiger partial charge in [-0.15, -0.1) is 0 Å². The first-order chi connectivity index (χ1) is 10.2. The fourth-order valence-electron chi connectivity index (χ4n) is 1.89. The van der Waals surface area contributed by atoms with Crippen molar-refractivity contribution in [1.82, 2.24) is 4.98 Å². The van der Waals surface area contributed by atoms with Gasteiger partial charge in [-0.3, -0.25) is 0 Å². The molecule has 0 aliphatic carbocycles. The minimum Gasteiger partial charge on any atom is -0.487 e. The van der Waals surface area contributed by atoms with Crippen molar-refractivity contribution in [2.24, 2.45) is 0 Å². The molecule has 0 radical (unpaired) electrons. The van der Waals surface area contributed by atoms with Gasteiger partial charge in [0.1, 0.15) is 30.1 Å². The van der Waals surface area contributed by atoms with Crippen molar-refractivity contribution in [2.75, 3.05) is 5.73 Å². The van der Waals surface area contributed by atoms with Gasteiger partial charge in [-0.2, -0.15) is 0 Å². The summed E-state index contributed by atoms with van der Waals surface area (Å²) in [6.07, 6.45) is 1.49. The summed E-state index contributed by atoms with van der Waals surface area (Å²) in [5.74, 6) is 0.689. The van der Waals surface area contributed by atoms with E-state index in [1.54, 1.807) is 24.3 Å². The van der Waals surface area contributed by atoms with Crippen LogP contribution in [0.5, 0.6) is 5.75 Å². The molecule has 0 aliphatic rings. The fraction of sp³-hybridized carbons (Fsp3) is 0.0625. The van der Waals surface area contributed by atoms with Gasteiger partial charge in [-0.05, 0) is 30.3 Å². The van der Waals surface area contributed by atoms with Crippen LogP contribution < -0.4 is 10.5 Å². The van der Waals surface area contributed by atoms with Gasteiger partial charge >= 0.3 is 0 Å². The van der Waals surface area contributed by atoms with Gasteiger partial charge in [0.2, 0.25) is 5.89 Å². The first-order valence-electron chi connectivity index (χ1n) is 6.39. The van der Waals surface area contributed by atoms with E-state index >= 15 is 0 Å². The van der Waals surface area contributed by atoms with Crippen molar-refractivity contribution in [3.8, 4) is 17.2 Å². The van der Waals surface area contributed by atoms with Gasteiger partial charge in [-0.1, -0.05) is 12.1 Å². The van der Waals surface area contributed by atoms with E-state index in [2.05, 4.69) is 4.98 Å². The van der Waals surface area contributed by atoms with E-state index in [1.807, 2.05) is 12.1 Å². The van der Waals surface area contributed by atoms with Crippen LogP contribution in [0.2, 0.25) is 0 Å². The van der Waals surface area contributed by atoms with Crippen molar-refractivity contribution in [2.45, 2.75) is 6.61 Å². The molecule has 0 spiro atoms. The molecule has 0 bridgehead atoms. The number of anilines is 1. The molecule has 3 aromatic rings. The molecule has 5 heteroatoms. The van der Waals surface area contributed by atoms with Crippen LogP contribution in [0.25, 0.3) is 11.5 Å². The maximum atomic E-state index is 13.2. The zero-order chi connectivity index (χ0) is 14.7. The molecule has 1 aromatic heterocycles. The molecule has 0 atom stereocenters. The SMILES string of the molecule is Nc1cccc(OCc2coc(-c3cccc(F)c3)n2)c1. The van der Waals surface area contributed by atoms with E-state index < -0.39 is 0 Å². The van der Waals surface area contributed by atoms with Crippen molar-refractivity contribution in [3.63, 3.8) is 0 Å². The van der Waals surface area contributed by atoms with Crippen molar-refractivity contribution >= 4 is 5.69 Å². The second-order valence-corrected chi connectivity index (χ2v) is 4.52. The number of oxazole rings is 1. The quantitative estimate of drug-likeness (QED) is 0.743. The van der Waals surface area contributed by atoms with Crippen LogP contribution >= 0.6 is 0 Å². The Hall–Kier alpha value is -2.82. The highest BCUT2D eigenvalue weighted by molar-refractivity contribution is 5.53. The summed E-state index contributed by atoms with van der Waals surface area (Å²) in [5.41, 5.74) is 7.51. The third-order valence-electron chi connectivity index (χ3n) is 2.87. The highest BCUT2D eigenvalue weighted by Gasteiger charge is 2.08. The predicted molar refractivity (Wildman–Crippen MR) is 77.1 cm³/mol. The number of nitrogen functional groups attached to an aromatic ring is 1. The topological polar surface area (TPSA) is 61.3 Å². The lowest BCUT2D eigenvalue weighted by molar-refractivity contribution is 0.301. The van der Waals surface area contributed by atoms with Crippen LogP contribution in [0.3, 0.4) is 0 Å². The number of halogens is 1. The maximum absolute atomic E-state index is 13.2. The number of benzene rings is 2. The molecule has 0 saturated carbocycles. The van der Waals surface area contributed by atoms with Gasteiger partial charge in [-0.25, -0.2) is 9.37 Å². The number of aromatic nitrogens is 1. The minimum atomic E-state index is -0.330. The predicted octanol–water partition coefficient (Wildman–Crippen LogP) is 3.64. The molecule has 0 amide bonds. The van der Waals surface area contributed by atoms with Crippen LogP contribution in [0.4, 0.5) is 10.1 Å². The van der Waals surface area contributed by atoms with E-state index in [-0.39, 0.29) is 12.4 Å². The smallest absolute Gasteiger partial charge is 0.226 e. The third-order valence-corrected chi connectivity index (χ3v) is 2.87. The van der Waals surface area contributed by atoms with Crippen molar-refractivity contribution in [3.05, 3.63) is 66.3 Å². The number of nitrogens with zero attached hydrogens (tertiary/aromatic N) is 1. The second kappa shape index (κ2) is 5.66. The standard InChI is InChI=1S/C16H13FN2O2/c17-12-4-1-3-11(7-12)16-19-14(10-21-16)9-20-15-6-2-5-13(18)8-15/h1-8,10H,9,18H2. The molecule has 21 heavy (non-hydrogen) atoms. The first kappa shape index (κ1) is 13.2. The summed E-state index contributed by atoms with van der Waals surface area (Å²) in [5, 5.41) is 0. The van der Waals surface area contributed by atoms with E-state index in [4.69, 9.17) is 14.9 Å². The Morgan fingerprint density at radius 3 is 2.81 bits per heavy atom. The zero-order valence-electron chi connectivity index (χ0n) is 11.1. The molecular formula is C16H13FN2O2. The van der Waals surface area contributed by atoms with Crippen LogP contribution in [0, 0.1) is 5.82 Å². The van der Waals surface area contributed by atoms with E-state index in [0.717, 1.165) is 0 Å². The van der Waals surface area contributed by atoms with Crippen LogP contribution in [0.15, 0.2) is 59.2 Å². The normalized spacial score (nSPS) is 10.5. The van der Waals surface area contributed by atoms with Crippen molar-refractivity contribution < 1.29 is 13.5 Å². The molecular weight excluding hydrogens is 271 g/mol. The van der Waals surface area contributed by atoms with Crippen LogP contribution in [-0.2, 0) is 6.61 Å². The van der Waals surface area contributed by atoms with E-state index in [0.29, 0.717) is 28.6 Å². The summed E-state index contributed by atoms with van der Waals surface area (Å²) in [6.45, 7) is 0.252. The highest BCUT2D eigenvalue weighted by atomic mass is 19.1. The minimum absolute atomic E-state index is 0.252. The number of nitrogens with two attached hydrogens (primary N) is 1. The molecule has 4 nitrogen and oxygen atoms in total. The average Bonchev–Trinajstić information content (AvgIpc) is 2.94. The lowest BCUT2D eigenvalue weighted by atomic mass is 10.2. The lowest BCUT2D eigenvalue weighted by Crippen LogP contribution is -1.96. The molecule has 1 heterocycles. The Labute approximate surface area is 121 Å². The van der Waals surface area contributed by atoms with Gasteiger partial charge in [0.25, 0.3) is 0 Å². The Bertz CT molecular complexity index is 755. The first-order valence-corrected chi connectivity index (χ1v) is 6.39. The second-order valence-electron chi connectivity index (χ2n) is 4.52. The van der Waals surface area contributed by atoms with Crippen LogP contribution in [0.1, 0.15) is 5.69 Å². The number of rotatable bonds is 4. The highest BCUT2D eigenvalue weighted by Crippen LogP contribution is 2.21. The summed E-state index contributed by atoms with van der Waals surface area (Å²) >= 11 is 0. The number of hydrogen-bond acceptors (Lipinski definition) is 4. The summed E-state index contributed by atoms with van der Waals surface area (Å²) in [4.78, 5) is 4.27. The average molecular weight is 284 g/mol. The van der Waals surface area contributed by atoms with E-state index in [9.17, 15) is 4.39 Å². The summed E-state index contributed by atoms with van der Waals surface area (Å²) in [7, 11) is 0. The fourth-order valence-corrected chi connectivity index (χ4v) is 1.89. The lowest BCUT2D eigenvalue weighted by Gasteiger charge is -2.03.